The summed E-state index contributed by atoms with van der Waals surface area (Å²) in [6.07, 6.45) is 2.16. The maximum Gasteiger partial charge on any atom is 0.238 e. The number of carbonyl (C=O) groups excluding carboxylic acids is 1. The average Bonchev–Trinajstić information content (AvgIpc) is 3.39. The van der Waals surface area contributed by atoms with Gasteiger partial charge in [0.15, 0.2) is 5.76 Å². The standard InChI is InChI=1S/C21H17N3O3/c25-19(12-13-20-23-21(24-27-20)18-7-4-14-26-18)22-17-10-8-16(9-11-17)15-5-2-1-3-6-15/h1-11,14H,12-13H2,(H,22,25). The van der Waals surface area contributed by atoms with Crippen LogP contribution in [0.1, 0.15) is 12.3 Å². The van der Waals surface area contributed by atoms with Gasteiger partial charge in [-0.05, 0) is 35.4 Å². The lowest BCUT2D eigenvalue weighted by molar-refractivity contribution is -0.116. The molecule has 2 aromatic carbocycles. The van der Waals surface area contributed by atoms with Crippen LogP contribution in [0.5, 0.6) is 0 Å². The minimum atomic E-state index is -0.111. The van der Waals surface area contributed by atoms with Crippen molar-refractivity contribution in [3.63, 3.8) is 0 Å². The highest BCUT2D eigenvalue weighted by atomic mass is 16.5. The van der Waals surface area contributed by atoms with Gasteiger partial charge in [-0.15, -0.1) is 0 Å². The van der Waals surface area contributed by atoms with E-state index in [4.69, 9.17) is 8.94 Å². The zero-order valence-electron chi connectivity index (χ0n) is 14.5. The second-order valence-corrected chi connectivity index (χ2v) is 5.98. The van der Waals surface area contributed by atoms with Crippen molar-refractivity contribution in [1.29, 1.82) is 0 Å². The summed E-state index contributed by atoms with van der Waals surface area (Å²) in [7, 11) is 0. The van der Waals surface area contributed by atoms with Gasteiger partial charge in [-0.1, -0.05) is 47.6 Å². The smallest absolute Gasteiger partial charge is 0.238 e. The van der Waals surface area contributed by atoms with Crippen molar-refractivity contribution >= 4 is 11.6 Å². The van der Waals surface area contributed by atoms with Crippen LogP contribution in [0.15, 0.2) is 81.9 Å². The summed E-state index contributed by atoms with van der Waals surface area (Å²) >= 11 is 0. The molecule has 1 amide bonds. The summed E-state index contributed by atoms with van der Waals surface area (Å²) in [5.74, 6) is 1.20. The SMILES string of the molecule is O=C(CCc1nc(-c2ccco2)no1)Nc1ccc(-c2ccccc2)cc1. The Kier molecular flexibility index (Phi) is 4.78. The molecule has 0 fully saturated rings. The summed E-state index contributed by atoms with van der Waals surface area (Å²) in [6, 6.07) is 21.3. The topological polar surface area (TPSA) is 81.2 Å². The van der Waals surface area contributed by atoms with E-state index in [9.17, 15) is 4.79 Å². The zero-order chi connectivity index (χ0) is 18.5. The second kappa shape index (κ2) is 7.70. The van der Waals surface area contributed by atoms with Crippen LogP contribution >= 0.6 is 0 Å². The van der Waals surface area contributed by atoms with Gasteiger partial charge >= 0.3 is 0 Å². The molecule has 0 radical (unpaired) electrons. The molecule has 0 spiro atoms. The normalized spacial score (nSPS) is 10.7. The van der Waals surface area contributed by atoms with E-state index < -0.39 is 0 Å². The minimum absolute atomic E-state index is 0.111. The predicted octanol–water partition coefficient (Wildman–Crippen LogP) is 4.57. The van der Waals surface area contributed by atoms with Gasteiger partial charge in [0.1, 0.15) is 0 Å². The first-order valence-corrected chi connectivity index (χ1v) is 8.60. The van der Waals surface area contributed by atoms with Gasteiger partial charge in [0.2, 0.25) is 17.6 Å². The number of carbonyl (C=O) groups is 1. The molecule has 2 aromatic heterocycles. The van der Waals surface area contributed by atoms with Crippen molar-refractivity contribution in [3.8, 4) is 22.7 Å². The molecule has 0 aliphatic carbocycles. The molecular formula is C21H17N3O3. The zero-order valence-corrected chi connectivity index (χ0v) is 14.5. The van der Waals surface area contributed by atoms with E-state index in [1.165, 1.54) is 0 Å². The van der Waals surface area contributed by atoms with Crippen molar-refractivity contribution in [3.05, 3.63) is 78.9 Å². The first-order valence-electron chi connectivity index (χ1n) is 8.60. The van der Waals surface area contributed by atoms with E-state index in [1.54, 1.807) is 18.4 Å². The van der Waals surface area contributed by atoms with Crippen LogP contribution in [-0.4, -0.2) is 16.0 Å². The van der Waals surface area contributed by atoms with Gasteiger partial charge in [0.25, 0.3) is 0 Å². The summed E-state index contributed by atoms with van der Waals surface area (Å²) in [5, 5.41) is 6.73. The molecule has 6 nitrogen and oxygen atoms in total. The maximum absolute atomic E-state index is 12.2. The number of amides is 1. The fourth-order valence-corrected chi connectivity index (χ4v) is 2.68. The van der Waals surface area contributed by atoms with Crippen molar-refractivity contribution in [1.82, 2.24) is 10.1 Å². The number of hydrogen-bond acceptors (Lipinski definition) is 5. The van der Waals surface area contributed by atoms with E-state index in [1.807, 2.05) is 42.5 Å². The monoisotopic (exact) mass is 359 g/mol. The number of furan rings is 1. The molecule has 0 bridgehead atoms. The second-order valence-electron chi connectivity index (χ2n) is 5.98. The van der Waals surface area contributed by atoms with Crippen molar-refractivity contribution < 1.29 is 13.7 Å². The van der Waals surface area contributed by atoms with Gasteiger partial charge in [-0.3, -0.25) is 4.79 Å². The first kappa shape index (κ1) is 16.8. The summed E-state index contributed by atoms with van der Waals surface area (Å²) in [4.78, 5) is 16.4. The Morgan fingerprint density at radius 2 is 1.70 bits per heavy atom. The molecule has 134 valence electrons. The molecule has 2 heterocycles. The molecule has 0 aliphatic rings. The van der Waals surface area contributed by atoms with Crippen LogP contribution in [0.4, 0.5) is 5.69 Å². The van der Waals surface area contributed by atoms with E-state index in [-0.39, 0.29) is 12.3 Å². The molecule has 0 saturated carbocycles. The van der Waals surface area contributed by atoms with Crippen molar-refractivity contribution in [2.24, 2.45) is 0 Å². The highest BCUT2D eigenvalue weighted by molar-refractivity contribution is 5.91. The summed E-state index contributed by atoms with van der Waals surface area (Å²) in [5.41, 5.74) is 2.99. The molecular weight excluding hydrogens is 342 g/mol. The quantitative estimate of drug-likeness (QED) is 0.545. The molecule has 4 aromatic rings. The number of benzene rings is 2. The molecule has 0 saturated heterocycles. The lowest BCUT2D eigenvalue weighted by atomic mass is 10.1. The summed E-state index contributed by atoms with van der Waals surface area (Å²) in [6.45, 7) is 0. The number of nitrogens with one attached hydrogen (secondary N) is 1. The molecule has 27 heavy (non-hydrogen) atoms. The Morgan fingerprint density at radius 3 is 2.44 bits per heavy atom. The molecule has 0 unspecified atom stereocenters. The Bertz CT molecular complexity index is 1010. The van der Waals surface area contributed by atoms with Crippen LogP contribution in [0.2, 0.25) is 0 Å². The molecule has 4 rings (SSSR count). The van der Waals surface area contributed by atoms with Crippen LogP contribution in [-0.2, 0) is 11.2 Å². The third kappa shape index (κ3) is 4.12. The third-order valence-corrected chi connectivity index (χ3v) is 4.05. The molecule has 6 heteroatoms. The third-order valence-electron chi connectivity index (χ3n) is 4.05. The number of aromatic nitrogens is 2. The Balaban J connectivity index is 1.32. The fraction of sp³-hybridized carbons (Fsp3) is 0.0952. The number of anilines is 1. The van der Waals surface area contributed by atoms with E-state index in [0.29, 0.717) is 23.9 Å². The van der Waals surface area contributed by atoms with E-state index in [0.717, 1.165) is 16.8 Å². The van der Waals surface area contributed by atoms with E-state index in [2.05, 4.69) is 27.6 Å². The maximum atomic E-state index is 12.2. The molecule has 0 atom stereocenters. The van der Waals surface area contributed by atoms with E-state index >= 15 is 0 Å². The number of aryl methyl sites for hydroxylation is 1. The van der Waals surface area contributed by atoms with Gasteiger partial charge in [0.05, 0.1) is 6.26 Å². The highest BCUT2D eigenvalue weighted by Crippen LogP contribution is 2.21. The Labute approximate surface area is 155 Å². The Hall–Kier alpha value is -3.67. The highest BCUT2D eigenvalue weighted by Gasteiger charge is 2.12. The lowest BCUT2D eigenvalue weighted by Gasteiger charge is -2.06. The van der Waals surface area contributed by atoms with Crippen LogP contribution in [0.3, 0.4) is 0 Å². The predicted molar refractivity (Wildman–Crippen MR) is 101 cm³/mol. The van der Waals surface area contributed by atoms with Gasteiger partial charge in [-0.25, -0.2) is 0 Å². The lowest BCUT2D eigenvalue weighted by Crippen LogP contribution is -2.12. The minimum Gasteiger partial charge on any atom is -0.461 e. The first-order chi connectivity index (χ1) is 13.3. The molecule has 0 aliphatic heterocycles. The van der Waals surface area contributed by atoms with Gasteiger partial charge < -0.3 is 14.3 Å². The molecule has 1 N–H and O–H groups in total. The van der Waals surface area contributed by atoms with Gasteiger partial charge in [0, 0.05) is 18.5 Å². The number of nitrogens with zero attached hydrogens (tertiary/aromatic N) is 2. The summed E-state index contributed by atoms with van der Waals surface area (Å²) < 4.78 is 10.4. The van der Waals surface area contributed by atoms with Crippen LogP contribution in [0.25, 0.3) is 22.7 Å². The van der Waals surface area contributed by atoms with Crippen LogP contribution in [0, 0.1) is 0 Å². The average molecular weight is 359 g/mol. The van der Waals surface area contributed by atoms with Crippen molar-refractivity contribution in [2.75, 3.05) is 5.32 Å². The Morgan fingerprint density at radius 1 is 0.926 bits per heavy atom. The van der Waals surface area contributed by atoms with Crippen molar-refractivity contribution in [2.45, 2.75) is 12.8 Å². The largest absolute Gasteiger partial charge is 0.461 e. The van der Waals surface area contributed by atoms with Gasteiger partial charge in [-0.2, -0.15) is 4.98 Å². The fourth-order valence-electron chi connectivity index (χ4n) is 2.68. The number of hydrogen-bond donors (Lipinski definition) is 1. The van der Waals surface area contributed by atoms with Crippen LogP contribution < -0.4 is 5.32 Å². The number of rotatable bonds is 6.